The van der Waals surface area contributed by atoms with Crippen LogP contribution in [0.1, 0.15) is 11.3 Å². The minimum absolute atomic E-state index is 0.0271. The van der Waals surface area contributed by atoms with E-state index in [0.717, 1.165) is 4.88 Å². The summed E-state index contributed by atoms with van der Waals surface area (Å²) in [4.78, 5) is 12.6. The fourth-order valence-corrected chi connectivity index (χ4v) is 1.79. The largest absolute Gasteiger partial charge is 0.380 e. The van der Waals surface area contributed by atoms with Crippen LogP contribution in [-0.4, -0.2) is 25.7 Å². The Bertz CT molecular complexity index is 284. The Balaban J connectivity index is 2.24. The molecule has 0 aliphatic carbocycles. The van der Waals surface area contributed by atoms with Crippen LogP contribution in [0.25, 0.3) is 0 Å². The fourth-order valence-electron chi connectivity index (χ4n) is 1.14. The lowest BCUT2D eigenvalue weighted by atomic mass is 10.2. The van der Waals surface area contributed by atoms with E-state index in [4.69, 9.17) is 10.5 Å². The van der Waals surface area contributed by atoms with Gasteiger partial charge in [0, 0.05) is 18.5 Å². The zero-order valence-corrected chi connectivity index (χ0v) is 9.55. The third kappa shape index (κ3) is 4.42. The van der Waals surface area contributed by atoms with Crippen LogP contribution in [0.15, 0.2) is 17.5 Å². The van der Waals surface area contributed by atoms with Gasteiger partial charge in [0.2, 0.25) is 5.91 Å². The SMILES string of the molecule is COC(CN)CC(=O)NCc1cccs1. The molecule has 0 aliphatic heterocycles. The number of carbonyl (C=O) groups is 1. The molecule has 15 heavy (non-hydrogen) atoms. The van der Waals surface area contributed by atoms with E-state index in [1.807, 2.05) is 17.5 Å². The highest BCUT2D eigenvalue weighted by molar-refractivity contribution is 7.09. The van der Waals surface area contributed by atoms with Gasteiger partial charge in [-0.05, 0) is 11.4 Å². The molecule has 0 aliphatic rings. The number of hydrogen-bond donors (Lipinski definition) is 2. The van der Waals surface area contributed by atoms with Crippen LogP contribution in [0.3, 0.4) is 0 Å². The van der Waals surface area contributed by atoms with Crippen LogP contribution < -0.4 is 11.1 Å². The molecule has 0 saturated heterocycles. The molecule has 5 heteroatoms. The maximum Gasteiger partial charge on any atom is 0.222 e. The Hall–Kier alpha value is -0.910. The highest BCUT2D eigenvalue weighted by Crippen LogP contribution is 2.07. The van der Waals surface area contributed by atoms with E-state index in [1.54, 1.807) is 18.4 Å². The van der Waals surface area contributed by atoms with Crippen molar-refractivity contribution in [2.45, 2.75) is 19.1 Å². The lowest BCUT2D eigenvalue weighted by molar-refractivity contribution is -0.123. The second kappa shape index (κ2) is 6.55. The van der Waals surface area contributed by atoms with Gasteiger partial charge in [0.05, 0.1) is 19.1 Å². The van der Waals surface area contributed by atoms with Crippen molar-refractivity contribution < 1.29 is 9.53 Å². The Labute approximate surface area is 93.4 Å². The average molecular weight is 228 g/mol. The van der Waals surface area contributed by atoms with Gasteiger partial charge in [0.15, 0.2) is 0 Å². The molecule has 0 spiro atoms. The van der Waals surface area contributed by atoms with Gasteiger partial charge < -0.3 is 15.8 Å². The summed E-state index contributed by atoms with van der Waals surface area (Å²) in [6.45, 7) is 0.945. The quantitative estimate of drug-likeness (QED) is 0.754. The van der Waals surface area contributed by atoms with Crippen LogP contribution in [-0.2, 0) is 16.1 Å². The number of carbonyl (C=O) groups excluding carboxylic acids is 1. The van der Waals surface area contributed by atoms with Crippen molar-refractivity contribution in [3.05, 3.63) is 22.4 Å². The molecular formula is C10H16N2O2S. The van der Waals surface area contributed by atoms with Crippen LogP contribution in [0, 0.1) is 0 Å². The summed E-state index contributed by atoms with van der Waals surface area (Å²) in [7, 11) is 1.56. The van der Waals surface area contributed by atoms with Gasteiger partial charge in [-0.25, -0.2) is 0 Å². The number of rotatable bonds is 6. The predicted octanol–water partition coefficient (Wildman–Crippen LogP) is 0.728. The molecule has 84 valence electrons. The molecule has 0 fully saturated rings. The van der Waals surface area contributed by atoms with E-state index in [2.05, 4.69) is 5.32 Å². The monoisotopic (exact) mass is 228 g/mol. The minimum atomic E-state index is -0.187. The molecule has 0 bridgehead atoms. The topological polar surface area (TPSA) is 64.3 Å². The molecule has 3 N–H and O–H groups in total. The molecule has 1 rings (SSSR count). The lowest BCUT2D eigenvalue weighted by Crippen LogP contribution is -2.31. The summed E-state index contributed by atoms with van der Waals surface area (Å²) in [5.41, 5.74) is 5.42. The summed E-state index contributed by atoms with van der Waals surface area (Å²) in [6.07, 6.45) is 0.131. The standard InChI is InChI=1S/C10H16N2O2S/c1-14-8(6-11)5-10(13)12-7-9-3-2-4-15-9/h2-4,8H,5-7,11H2,1H3,(H,12,13). The molecule has 0 radical (unpaired) electrons. The molecule has 1 amide bonds. The van der Waals surface area contributed by atoms with E-state index in [1.165, 1.54) is 0 Å². The van der Waals surface area contributed by atoms with Crippen molar-refractivity contribution in [1.82, 2.24) is 5.32 Å². The van der Waals surface area contributed by atoms with Gasteiger partial charge in [0.25, 0.3) is 0 Å². The van der Waals surface area contributed by atoms with Crippen LogP contribution in [0.4, 0.5) is 0 Å². The number of hydrogen-bond acceptors (Lipinski definition) is 4. The number of amides is 1. The van der Waals surface area contributed by atoms with Gasteiger partial charge in [-0.1, -0.05) is 6.07 Å². The van der Waals surface area contributed by atoms with E-state index >= 15 is 0 Å². The molecule has 4 nitrogen and oxygen atoms in total. The molecule has 1 aromatic heterocycles. The summed E-state index contributed by atoms with van der Waals surface area (Å²) in [5.74, 6) is -0.0271. The smallest absolute Gasteiger partial charge is 0.222 e. The van der Waals surface area contributed by atoms with Crippen molar-refractivity contribution in [2.24, 2.45) is 5.73 Å². The van der Waals surface area contributed by atoms with Crippen molar-refractivity contribution in [1.29, 1.82) is 0 Å². The summed E-state index contributed by atoms with van der Waals surface area (Å²) in [6, 6.07) is 3.95. The summed E-state index contributed by atoms with van der Waals surface area (Å²) < 4.78 is 5.02. The van der Waals surface area contributed by atoms with Crippen LogP contribution in [0.2, 0.25) is 0 Å². The molecular weight excluding hydrogens is 212 g/mol. The number of nitrogens with two attached hydrogens (primary N) is 1. The third-order valence-electron chi connectivity index (χ3n) is 2.05. The number of thiophene rings is 1. The van der Waals surface area contributed by atoms with Gasteiger partial charge >= 0.3 is 0 Å². The Morgan fingerprint density at radius 3 is 3.07 bits per heavy atom. The number of nitrogens with one attached hydrogen (secondary N) is 1. The first-order valence-corrected chi connectivity index (χ1v) is 5.66. The maximum absolute atomic E-state index is 11.4. The van der Waals surface area contributed by atoms with E-state index < -0.39 is 0 Å². The first kappa shape index (κ1) is 12.2. The zero-order chi connectivity index (χ0) is 11.1. The van der Waals surface area contributed by atoms with Crippen molar-refractivity contribution in [2.75, 3.05) is 13.7 Å². The lowest BCUT2D eigenvalue weighted by Gasteiger charge is -2.12. The second-order valence-corrected chi connectivity index (χ2v) is 4.19. The van der Waals surface area contributed by atoms with Crippen molar-refractivity contribution in [3.63, 3.8) is 0 Å². The van der Waals surface area contributed by atoms with Gasteiger partial charge in [0.1, 0.15) is 0 Å². The van der Waals surface area contributed by atoms with Gasteiger partial charge in [-0.15, -0.1) is 11.3 Å². The van der Waals surface area contributed by atoms with Crippen LogP contribution in [0.5, 0.6) is 0 Å². The number of methoxy groups -OCH3 is 1. The molecule has 1 unspecified atom stereocenters. The number of ether oxygens (including phenoxy) is 1. The minimum Gasteiger partial charge on any atom is -0.380 e. The van der Waals surface area contributed by atoms with Crippen LogP contribution >= 0.6 is 11.3 Å². The molecule has 1 heterocycles. The Morgan fingerprint density at radius 2 is 2.53 bits per heavy atom. The summed E-state index contributed by atoms with van der Waals surface area (Å²) >= 11 is 1.62. The second-order valence-electron chi connectivity index (χ2n) is 3.15. The maximum atomic E-state index is 11.4. The normalized spacial score (nSPS) is 12.4. The average Bonchev–Trinajstić information content (AvgIpc) is 2.75. The first-order valence-electron chi connectivity index (χ1n) is 4.78. The first-order chi connectivity index (χ1) is 7.26. The Kier molecular flexibility index (Phi) is 5.31. The predicted molar refractivity (Wildman–Crippen MR) is 60.6 cm³/mol. The highest BCUT2D eigenvalue weighted by atomic mass is 32.1. The van der Waals surface area contributed by atoms with E-state index in [0.29, 0.717) is 19.5 Å². The van der Waals surface area contributed by atoms with Gasteiger partial charge in [-0.2, -0.15) is 0 Å². The molecule has 1 aromatic rings. The fraction of sp³-hybridized carbons (Fsp3) is 0.500. The highest BCUT2D eigenvalue weighted by Gasteiger charge is 2.10. The Morgan fingerprint density at radius 1 is 1.73 bits per heavy atom. The van der Waals surface area contributed by atoms with Crippen molar-refractivity contribution >= 4 is 17.2 Å². The van der Waals surface area contributed by atoms with Gasteiger partial charge in [-0.3, -0.25) is 4.79 Å². The molecule has 0 aromatic carbocycles. The molecule has 1 atom stereocenters. The summed E-state index contributed by atoms with van der Waals surface area (Å²) in [5, 5.41) is 4.81. The van der Waals surface area contributed by atoms with E-state index in [9.17, 15) is 4.79 Å². The third-order valence-corrected chi connectivity index (χ3v) is 2.93. The van der Waals surface area contributed by atoms with E-state index in [-0.39, 0.29) is 12.0 Å². The van der Waals surface area contributed by atoms with Crippen molar-refractivity contribution in [3.8, 4) is 0 Å². The zero-order valence-electron chi connectivity index (χ0n) is 8.73. The molecule has 0 saturated carbocycles.